The second-order valence-corrected chi connectivity index (χ2v) is 8.19. The minimum Gasteiger partial charge on any atom is -0.352 e. The van der Waals surface area contributed by atoms with Gasteiger partial charge in [0.2, 0.25) is 0 Å². The molecule has 0 saturated carbocycles. The zero-order chi connectivity index (χ0) is 19.1. The van der Waals surface area contributed by atoms with Crippen LogP contribution in [0.25, 0.3) is 11.1 Å². The third-order valence-electron chi connectivity index (χ3n) is 5.92. The van der Waals surface area contributed by atoms with Crippen LogP contribution in [0.3, 0.4) is 0 Å². The number of hydrogen-bond donors (Lipinski definition) is 1. The van der Waals surface area contributed by atoms with Crippen LogP contribution < -0.4 is 5.32 Å². The van der Waals surface area contributed by atoms with E-state index >= 15 is 0 Å². The normalized spacial score (nSPS) is 16.0. The molecule has 0 fully saturated rings. The molecule has 3 nitrogen and oxygen atoms in total. The summed E-state index contributed by atoms with van der Waals surface area (Å²) in [5.74, 6) is 0.0678. The van der Waals surface area contributed by atoms with Crippen LogP contribution in [0.4, 0.5) is 0 Å². The molecule has 0 bridgehead atoms. The lowest BCUT2D eigenvalue weighted by atomic mass is 9.95. The summed E-state index contributed by atoms with van der Waals surface area (Å²) in [6, 6.07) is 13.8. The van der Waals surface area contributed by atoms with Gasteiger partial charge in [-0.2, -0.15) is 0 Å². The number of rotatable bonds is 4. The van der Waals surface area contributed by atoms with Crippen molar-refractivity contribution >= 4 is 17.1 Å². The first kappa shape index (κ1) is 18.0. The van der Waals surface area contributed by atoms with Gasteiger partial charge in [0.15, 0.2) is 0 Å². The lowest BCUT2D eigenvalue weighted by Gasteiger charge is -2.21. The number of hydrogen-bond acceptors (Lipinski definition) is 2. The second kappa shape index (κ2) is 6.97. The highest BCUT2D eigenvalue weighted by molar-refractivity contribution is 6.07. The summed E-state index contributed by atoms with van der Waals surface area (Å²) < 4.78 is 0. The van der Waals surface area contributed by atoms with Crippen molar-refractivity contribution in [2.24, 2.45) is 0 Å². The molecule has 1 amide bonds. The van der Waals surface area contributed by atoms with Crippen LogP contribution in [0, 0.1) is 6.92 Å². The number of allylic oxidation sites excluding steroid dienone is 1. The molecule has 1 heterocycles. The van der Waals surface area contributed by atoms with Gasteiger partial charge in [-0.05, 0) is 80.1 Å². The fourth-order valence-corrected chi connectivity index (χ4v) is 4.21. The Balaban J connectivity index is 1.70. The maximum Gasteiger partial charge on any atom is 0.251 e. The Kier molecular flexibility index (Phi) is 4.65. The highest BCUT2D eigenvalue weighted by atomic mass is 16.1. The SMILES string of the molecule is Cc1cc2c3c(c1)C(=O)NCCC3=C(c1ccc(CN(C)C(C)C)cc1)C2. The van der Waals surface area contributed by atoms with E-state index in [1.54, 1.807) is 0 Å². The van der Waals surface area contributed by atoms with Gasteiger partial charge in [-0.25, -0.2) is 0 Å². The van der Waals surface area contributed by atoms with Crippen LogP contribution in [0.5, 0.6) is 0 Å². The van der Waals surface area contributed by atoms with Gasteiger partial charge in [-0.3, -0.25) is 9.69 Å². The van der Waals surface area contributed by atoms with E-state index in [1.165, 1.54) is 33.4 Å². The Morgan fingerprint density at radius 1 is 1.11 bits per heavy atom. The Bertz CT molecular complexity index is 922. The molecular weight excluding hydrogens is 332 g/mol. The standard InChI is InChI=1S/C24H28N2O/c1-15(2)26(4)14-17-5-7-18(8-6-17)21-13-19-11-16(3)12-22-23(19)20(21)9-10-25-24(22)27/h5-8,11-12,15H,9-10,13-14H2,1-4H3,(H,25,27). The predicted molar refractivity (Wildman–Crippen MR) is 112 cm³/mol. The molecule has 0 atom stereocenters. The van der Waals surface area contributed by atoms with E-state index in [2.05, 4.69) is 68.4 Å². The molecule has 2 aliphatic rings. The van der Waals surface area contributed by atoms with Crippen molar-refractivity contribution in [3.63, 3.8) is 0 Å². The lowest BCUT2D eigenvalue weighted by Crippen LogP contribution is -2.25. The van der Waals surface area contributed by atoms with E-state index in [0.717, 1.165) is 30.5 Å². The molecule has 4 rings (SSSR count). The largest absolute Gasteiger partial charge is 0.352 e. The number of nitrogens with zero attached hydrogens (tertiary/aromatic N) is 1. The average molecular weight is 361 g/mol. The van der Waals surface area contributed by atoms with Crippen molar-refractivity contribution in [3.05, 3.63) is 69.8 Å². The summed E-state index contributed by atoms with van der Waals surface area (Å²) in [6.07, 6.45) is 1.83. The van der Waals surface area contributed by atoms with Crippen LogP contribution in [0.2, 0.25) is 0 Å². The Morgan fingerprint density at radius 3 is 2.56 bits per heavy atom. The van der Waals surface area contributed by atoms with Crippen LogP contribution >= 0.6 is 0 Å². The minimum atomic E-state index is 0.0678. The Hall–Kier alpha value is -2.39. The first-order chi connectivity index (χ1) is 12.9. The van der Waals surface area contributed by atoms with Gasteiger partial charge in [0.25, 0.3) is 5.91 Å². The number of benzene rings is 2. The summed E-state index contributed by atoms with van der Waals surface area (Å²) in [7, 11) is 2.16. The molecule has 3 heteroatoms. The van der Waals surface area contributed by atoms with E-state index < -0.39 is 0 Å². The topological polar surface area (TPSA) is 32.3 Å². The quantitative estimate of drug-likeness (QED) is 0.874. The van der Waals surface area contributed by atoms with Gasteiger partial charge in [0, 0.05) is 24.7 Å². The summed E-state index contributed by atoms with van der Waals surface area (Å²) in [5, 5.41) is 3.05. The van der Waals surface area contributed by atoms with Crippen molar-refractivity contribution in [1.29, 1.82) is 0 Å². The van der Waals surface area contributed by atoms with E-state index in [9.17, 15) is 4.79 Å². The number of aryl methyl sites for hydroxylation is 1. The molecule has 1 aliphatic carbocycles. The van der Waals surface area contributed by atoms with E-state index in [1.807, 2.05) is 6.07 Å². The molecule has 2 aromatic carbocycles. The first-order valence-electron chi connectivity index (χ1n) is 9.87. The monoisotopic (exact) mass is 360 g/mol. The molecule has 27 heavy (non-hydrogen) atoms. The van der Waals surface area contributed by atoms with Crippen LogP contribution in [0.15, 0.2) is 36.4 Å². The van der Waals surface area contributed by atoms with Crippen molar-refractivity contribution in [1.82, 2.24) is 10.2 Å². The Morgan fingerprint density at radius 2 is 1.85 bits per heavy atom. The van der Waals surface area contributed by atoms with Crippen molar-refractivity contribution < 1.29 is 4.79 Å². The molecule has 1 N–H and O–H groups in total. The third-order valence-corrected chi connectivity index (χ3v) is 5.92. The van der Waals surface area contributed by atoms with Gasteiger partial charge in [0.1, 0.15) is 0 Å². The number of carbonyl (C=O) groups is 1. The fourth-order valence-electron chi connectivity index (χ4n) is 4.21. The average Bonchev–Trinajstić information content (AvgIpc) is 2.90. The highest BCUT2D eigenvalue weighted by Gasteiger charge is 2.29. The Labute approximate surface area is 162 Å². The second-order valence-electron chi connectivity index (χ2n) is 8.19. The lowest BCUT2D eigenvalue weighted by molar-refractivity contribution is 0.0956. The summed E-state index contributed by atoms with van der Waals surface area (Å²) in [6.45, 7) is 8.19. The summed E-state index contributed by atoms with van der Waals surface area (Å²) in [5.41, 5.74) is 9.86. The molecule has 0 saturated heterocycles. The molecule has 1 aliphatic heterocycles. The molecular formula is C24H28N2O. The van der Waals surface area contributed by atoms with Gasteiger partial charge >= 0.3 is 0 Å². The number of amides is 1. The van der Waals surface area contributed by atoms with E-state index in [0.29, 0.717) is 12.6 Å². The van der Waals surface area contributed by atoms with Crippen molar-refractivity contribution in [2.75, 3.05) is 13.6 Å². The van der Waals surface area contributed by atoms with Crippen LogP contribution in [-0.2, 0) is 13.0 Å². The molecule has 0 unspecified atom stereocenters. The maximum absolute atomic E-state index is 12.5. The molecule has 140 valence electrons. The minimum absolute atomic E-state index is 0.0678. The van der Waals surface area contributed by atoms with Crippen LogP contribution in [0.1, 0.15) is 58.4 Å². The van der Waals surface area contributed by atoms with Gasteiger partial charge in [-0.1, -0.05) is 35.9 Å². The molecule has 0 radical (unpaired) electrons. The first-order valence-corrected chi connectivity index (χ1v) is 9.87. The summed E-state index contributed by atoms with van der Waals surface area (Å²) in [4.78, 5) is 14.8. The van der Waals surface area contributed by atoms with Crippen molar-refractivity contribution in [3.8, 4) is 0 Å². The van der Waals surface area contributed by atoms with Gasteiger partial charge < -0.3 is 5.32 Å². The zero-order valence-electron chi connectivity index (χ0n) is 16.7. The van der Waals surface area contributed by atoms with E-state index in [-0.39, 0.29) is 5.91 Å². The number of carbonyl (C=O) groups excluding carboxylic acids is 1. The fraction of sp³-hybridized carbons (Fsp3) is 0.375. The van der Waals surface area contributed by atoms with E-state index in [4.69, 9.17) is 0 Å². The summed E-state index contributed by atoms with van der Waals surface area (Å²) >= 11 is 0. The maximum atomic E-state index is 12.5. The predicted octanol–water partition coefficient (Wildman–Crippen LogP) is 4.44. The van der Waals surface area contributed by atoms with Gasteiger partial charge in [0.05, 0.1) is 0 Å². The van der Waals surface area contributed by atoms with Gasteiger partial charge in [-0.15, -0.1) is 0 Å². The number of nitrogens with one attached hydrogen (secondary N) is 1. The highest BCUT2D eigenvalue weighted by Crippen LogP contribution is 2.43. The smallest absolute Gasteiger partial charge is 0.251 e. The molecule has 0 aromatic heterocycles. The van der Waals surface area contributed by atoms with Crippen LogP contribution in [-0.4, -0.2) is 30.4 Å². The molecule has 2 aromatic rings. The molecule has 0 spiro atoms. The zero-order valence-corrected chi connectivity index (χ0v) is 16.7. The van der Waals surface area contributed by atoms with Crippen molar-refractivity contribution in [2.45, 2.75) is 46.2 Å². The third kappa shape index (κ3) is 3.32.